The lowest BCUT2D eigenvalue weighted by Crippen LogP contribution is -2.32. The number of rotatable bonds is 5. The molecule has 4 nitrogen and oxygen atoms in total. The molecule has 2 amide bonds. The van der Waals surface area contributed by atoms with Crippen molar-refractivity contribution in [1.82, 2.24) is 5.32 Å². The molecule has 130 valence electrons. The monoisotopic (exact) mass is 376 g/mol. The maximum Gasteiger partial charge on any atom is 0.244 e. The van der Waals surface area contributed by atoms with Gasteiger partial charge < -0.3 is 10.6 Å². The molecule has 0 fully saturated rings. The fourth-order valence-electron chi connectivity index (χ4n) is 2.23. The Morgan fingerprint density at radius 2 is 1.76 bits per heavy atom. The van der Waals surface area contributed by atoms with Crippen molar-refractivity contribution in [3.05, 3.63) is 69.2 Å². The van der Waals surface area contributed by atoms with E-state index in [4.69, 9.17) is 23.2 Å². The minimum Gasteiger partial charge on any atom is -0.343 e. The summed E-state index contributed by atoms with van der Waals surface area (Å²) in [7, 11) is 0. The van der Waals surface area contributed by atoms with Crippen LogP contribution in [0, 0.1) is 13.8 Å². The largest absolute Gasteiger partial charge is 0.343 e. The van der Waals surface area contributed by atoms with E-state index < -0.39 is 5.91 Å². The summed E-state index contributed by atoms with van der Waals surface area (Å²) in [6, 6.07) is 10.7. The van der Waals surface area contributed by atoms with Gasteiger partial charge in [-0.1, -0.05) is 41.4 Å². The third kappa shape index (κ3) is 5.62. The van der Waals surface area contributed by atoms with E-state index in [0.717, 1.165) is 16.8 Å². The van der Waals surface area contributed by atoms with Crippen molar-refractivity contribution in [2.45, 2.75) is 13.8 Å². The Kier molecular flexibility index (Phi) is 6.62. The molecule has 2 aromatic carbocycles. The van der Waals surface area contributed by atoms with Crippen LogP contribution in [-0.2, 0) is 9.59 Å². The molecule has 6 heteroatoms. The number of halogens is 2. The smallest absolute Gasteiger partial charge is 0.244 e. The van der Waals surface area contributed by atoms with Gasteiger partial charge in [-0.2, -0.15) is 0 Å². The van der Waals surface area contributed by atoms with Gasteiger partial charge >= 0.3 is 0 Å². The second-order valence-corrected chi connectivity index (χ2v) is 6.38. The number of anilines is 1. The van der Waals surface area contributed by atoms with Crippen LogP contribution in [0.3, 0.4) is 0 Å². The van der Waals surface area contributed by atoms with Crippen LogP contribution < -0.4 is 10.6 Å². The second-order valence-electron chi connectivity index (χ2n) is 5.53. The van der Waals surface area contributed by atoms with Crippen LogP contribution in [0.1, 0.15) is 16.7 Å². The number of benzene rings is 2. The van der Waals surface area contributed by atoms with Gasteiger partial charge in [-0.25, -0.2) is 0 Å². The van der Waals surface area contributed by atoms with Crippen LogP contribution in [0.5, 0.6) is 0 Å². The molecular weight excluding hydrogens is 359 g/mol. The minimum absolute atomic E-state index is 0.125. The third-order valence-corrected chi connectivity index (χ3v) is 4.12. The lowest BCUT2D eigenvalue weighted by molar-refractivity contribution is -0.121. The van der Waals surface area contributed by atoms with Gasteiger partial charge in [0.1, 0.15) is 0 Å². The predicted octanol–water partition coefficient (Wildman–Crippen LogP) is 4.38. The maximum absolute atomic E-state index is 12.0. The number of para-hydroxylation sites is 1. The van der Waals surface area contributed by atoms with Gasteiger partial charge in [0.2, 0.25) is 11.8 Å². The molecule has 0 aliphatic heterocycles. The van der Waals surface area contributed by atoms with Crippen molar-refractivity contribution in [2.24, 2.45) is 0 Å². The first-order chi connectivity index (χ1) is 11.9. The topological polar surface area (TPSA) is 58.2 Å². The Labute approximate surface area is 156 Å². The SMILES string of the molecule is Cc1cccc(C)c1NC(=O)CNC(=O)/C=C/c1cc(Cl)ccc1Cl. The summed E-state index contributed by atoms with van der Waals surface area (Å²) >= 11 is 11.9. The molecule has 0 heterocycles. The molecule has 0 aliphatic carbocycles. The lowest BCUT2D eigenvalue weighted by Gasteiger charge is -2.11. The molecule has 0 aliphatic rings. The number of aryl methyl sites for hydroxylation is 2. The summed E-state index contributed by atoms with van der Waals surface area (Å²) < 4.78 is 0. The fraction of sp³-hybridized carbons (Fsp3) is 0.158. The van der Waals surface area contributed by atoms with E-state index >= 15 is 0 Å². The number of carbonyl (C=O) groups excluding carboxylic acids is 2. The van der Waals surface area contributed by atoms with Crippen molar-refractivity contribution in [1.29, 1.82) is 0 Å². The first-order valence-electron chi connectivity index (χ1n) is 7.64. The molecule has 0 bridgehead atoms. The number of amides is 2. The van der Waals surface area contributed by atoms with Crippen LogP contribution in [0.4, 0.5) is 5.69 Å². The summed E-state index contributed by atoms with van der Waals surface area (Å²) in [6.45, 7) is 3.71. The second kappa shape index (κ2) is 8.70. The average Bonchev–Trinajstić information content (AvgIpc) is 2.57. The van der Waals surface area contributed by atoms with E-state index in [1.165, 1.54) is 6.08 Å². The summed E-state index contributed by atoms with van der Waals surface area (Å²) in [5.41, 5.74) is 3.33. The Balaban J connectivity index is 1.90. The maximum atomic E-state index is 12.0. The van der Waals surface area contributed by atoms with Crippen LogP contribution in [0.2, 0.25) is 10.0 Å². The van der Waals surface area contributed by atoms with Gasteiger partial charge in [-0.3, -0.25) is 9.59 Å². The van der Waals surface area contributed by atoms with Crippen molar-refractivity contribution in [3.63, 3.8) is 0 Å². The normalized spacial score (nSPS) is 10.7. The quantitative estimate of drug-likeness (QED) is 0.760. The Morgan fingerprint density at radius 1 is 1.08 bits per heavy atom. The van der Waals surface area contributed by atoms with Crippen LogP contribution in [0.25, 0.3) is 6.08 Å². The summed E-state index contributed by atoms with van der Waals surface area (Å²) in [5, 5.41) is 6.35. The van der Waals surface area contributed by atoms with Gasteiger partial charge in [0.05, 0.1) is 6.54 Å². The van der Waals surface area contributed by atoms with Gasteiger partial charge in [0.15, 0.2) is 0 Å². The Morgan fingerprint density at radius 3 is 2.44 bits per heavy atom. The molecule has 2 rings (SSSR count). The van der Waals surface area contributed by atoms with Gasteiger partial charge in [0.25, 0.3) is 0 Å². The molecule has 2 aromatic rings. The van der Waals surface area contributed by atoms with Crippen LogP contribution in [0.15, 0.2) is 42.5 Å². The first kappa shape index (κ1) is 19.0. The molecule has 0 radical (unpaired) electrons. The predicted molar refractivity (Wildman–Crippen MR) is 103 cm³/mol. The van der Waals surface area contributed by atoms with E-state index in [2.05, 4.69) is 10.6 Å². The summed E-state index contributed by atoms with van der Waals surface area (Å²) in [5.74, 6) is -0.687. The molecule has 25 heavy (non-hydrogen) atoms. The highest BCUT2D eigenvalue weighted by molar-refractivity contribution is 6.34. The highest BCUT2D eigenvalue weighted by Crippen LogP contribution is 2.21. The fourth-order valence-corrected chi connectivity index (χ4v) is 2.59. The van der Waals surface area contributed by atoms with Crippen molar-refractivity contribution in [3.8, 4) is 0 Å². The molecule has 0 aromatic heterocycles. The van der Waals surface area contributed by atoms with E-state index in [1.807, 2.05) is 32.0 Å². The lowest BCUT2D eigenvalue weighted by atomic mass is 10.1. The number of hydrogen-bond donors (Lipinski definition) is 2. The molecule has 2 N–H and O–H groups in total. The van der Waals surface area contributed by atoms with Crippen LogP contribution >= 0.6 is 23.2 Å². The average molecular weight is 377 g/mol. The number of carbonyl (C=O) groups is 2. The standard InChI is InChI=1S/C19H18Cl2N2O2/c1-12-4-3-5-13(2)19(12)23-18(25)11-22-17(24)9-6-14-10-15(20)7-8-16(14)21/h3-10H,11H2,1-2H3,(H,22,24)(H,23,25)/b9-6+. The van der Waals surface area contributed by atoms with Gasteiger partial charge in [0, 0.05) is 21.8 Å². The van der Waals surface area contributed by atoms with E-state index in [9.17, 15) is 9.59 Å². The number of hydrogen-bond acceptors (Lipinski definition) is 2. The zero-order valence-corrected chi connectivity index (χ0v) is 15.4. The van der Waals surface area contributed by atoms with Crippen molar-refractivity contribution >= 4 is 46.8 Å². The summed E-state index contributed by atoms with van der Waals surface area (Å²) in [4.78, 5) is 23.9. The minimum atomic E-state index is -0.396. The Hall–Kier alpha value is -2.30. The summed E-state index contributed by atoms with van der Waals surface area (Å²) in [6.07, 6.45) is 2.86. The van der Waals surface area contributed by atoms with E-state index in [-0.39, 0.29) is 12.5 Å². The molecule has 0 spiro atoms. The molecule has 0 saturated carbocycles. The van der Waals surface area contributed by atoms with Crippen molar-refractivity contribution < 1.29 is 9.59 Å². The van der Waals surface area contributed by atoms with Gasteiger partial charge in [-0.15, -0.1) is 0 Å². The zero-order chi connectivity index (χ0) is 18.4. The third-order valence-electron chi connectivity index (χ3n) is 3.54. The molecule has 0 saturated heterocycles. The van der Waals surface area contributed by atoms with E-state index in [0.29, 0.717) is 15.6 Å². The van der Waals surface area contributed by atoms with Crippen LogP contribution in [-0.4, -0.2) is 18.4 Å². The first-order valence-corrected chi connectivity index (χ1v) is 8.39. The van der Waals surface area contributed by atoms with E-state index in [1.54, 1.807) is 24.3 Å². The molecular formula is C19H18Cl2N2O2. The molecule has 0 unspecified atom stereocenters. The molecule has 0 atom stereocenters. The highest BCUT2D eigenvalue weighted by Gasteiger charge is 2.08. The highest BCUT2D eigenvalue weighted by atomic mass is 35.5. The Bertz CT molecular complexity index is 812. The van der Waals surface area contributed by atoms with Gasteiger partial charge in [-0.05, 0) is 54.8 Å². The number of nitrogens with one attached hydrogen (secondary N) is 2. The van der Waals surface area contributed by atoms with Crippen molar-refractivity contribution in [2.75, 3.05) is 11.9 Å². The zero-order valence-electron chi connectivity index (χ0n) is 13.9.